The summed E-state index contributed by atoms with van der Waals surface area (Å²) in [6, 6.07) is 9.25. The average Bonchev–Trinajstić information content (AvgIpc) is 2.40. The van der Waals surface area contributed by atoms with Crippen LogP contribution in [0.15, 0.2) is 30.3 Å². The Morgan fingerprint density at radius 1 is 1.27 bits per heavy atom. The molecule has 2 rings (SSSR count). The Labute approximate surface area is 131 Å². The summed E-state index contributed by atoms with van der Waals surface area (Å²) < 4.78 is 0. The van der Waals surface area contributed by atoms with Crippen LogP contribution in [0.2, 0.25) is 0 Å². The molecule has 1 heterocycles. The molecule has 1 aromatic carbocycles. The molecule has 1 fully saturated rings. The summed E-state index contributed by atoms with van der Waals surface area (Å²) in [5.74, 6) is -0.106. The molecule has 22 heavy (non-hydrogen) atoms. The number of carboxylic acid groups (broad SMARTS) is 1. The largest absolute Gasteiger partial charge is 0.465 e. The summed E-state index contributed by atoms with van der Waals surface area (Å²) in [5.41, 5.74) is 0.495. The maximum atomic E-state index is 12.4. The van der Waals surface area contributed by atoms with Crippen molar-refractivity contribution in [3.8, 4) is 0 Å². The fraction of sp³-hybridized carbons (Fsp3) is 0.529. The molecule has 1 aromatic rings. The van der Waals surface area contributed by atoms with Crippen LogP contribution in [0.25, 0.3) is 0 Å². The number of benzene rings is 1. The second kappa shape index (κ2) is 5.99. The van der Waals surface area contributed by atoms with Crippen molar-refractivity contribution in [1.82, 2.24) is 10.2 Å². The number of nitrogens with one attached hydrogen (secondary N) is 1. The highest BCUT2D eigenvalue weighted by Gasteiger charge is 2.43. The van der Waals surface area contributed by atoms with Crippen LogP contribution in [-0.2, 0) is 4.79 Å². The molecule has 0 unspecified atom stereocenters. The number of hydrogen-bond acceptors (Lipinski definition) is 2. The topological polar surface area (TPSA) is 69.6 Å². The van der Waals surface area contributed by atoms with Gasteiger partial charge in [0.25, 0.3) is 0 Å². The fourth-order valence-corrected chi connectivity index (χ4v) is 3.21. The van der Waals surface area contributed by atoms with E-state index < -0.39 is 17.7 Å². The number of rotatable bonds is 2. The summed E-state index contributed by atoms with van der Waals surface area (Å²) in [4.78, 5) is 25.3. The van der Waals surface area contributed by atoms with Gasteiger partial charge < -0.3 is 10.4 Å². The van der Waals surface area contributed by atoms with Crippen molar-refractivity contribution in [2.45, 2.75) is 57.7 Å². The first-order valence-electron chi connectivity index (χ1n) is 7.59. The standard InChI is InChI=1S/C17H24N2O3/c1-11-13(12-8-6-5-7-9-12)10-14(15(20)18-11)19(16(21)22)17(2,3)4/h5-9,11,13-14H,10H2,1-4H3,(H,18,20)(H,21,22)/t11-,13-,14+/m1/s1. The summed E-state index contributed by atoms with van der Waals surface area (Å²) in [6.07, 6.45) is -0.561. The zero-order valence-electron chi connectivity index (χ0n) is 13.5. The van der Waals surface area contributed by atoms with Gasteiger partial charge in [0.05, 0.1) is 0 Å². The second-order valence-corrected chi connectivity index (χ2v) is 6.89. The molecule has 0 radical (unpaired) electrons. The predicted octanol–water partition coefficient (Wildman–Crippen LogP) is 2.83. The maximum absolute atomic E-state index is 12.4. The molecule has 0 saturated carbocycles. The monoisotopic (exact) mass is 304 g/mol. The van der Waals surface area contributed by atoms with E-state index in [0.29, 0.717) is 6.42 Å². The van der Waals surface area contributed by atoms with Gasteiger partial charge in [0.2, 0.25) is 5.91 Å². The Hall–Kier alpha value is -2.04. The molecule has 2 amide bonds. The van der Waals surface area contributed by atoms with Crippen molar-refractivity contribution >= 4 is 12.0 Å². The molecular weight excluding hydrogens is 280 g/mol. The van der Waals surface area contributed by atoms with Gasteiger partial charge in [0.1, 0.15) is 6.04 Å². The van der Waals surface area contributed by atoms with E-state index in [2.05, 4.69) is 5.32 Å². The van der Waals surface area contributed by atoms with Crippen LogP contribution in [0.4, 0.5) is 4.79 Å². The average molecular weight is 304 g/mol. The van der Waals surface area contributed by atoms with Crippen LogP contribution in [0.1, 0.15) is 45.6 Å². The Balaban J connectivity index is 2.32. The van der Waals surface area contributed by atoms with Crippen LogP contribution in [0.3, 0.4) is 0 Å². The highest BCUT2D eigenvalue weighted by atomic mass is 16.4. The van der Waals surface area contributed by atoms with Crippen LogP contribution >= 0.6 is 0 Å². The Morgan fingerprint density at radius 3 is 2.36 bits per heavy atom. The summed E-state index contributed by atoms with van der Waals surface area (Å²) in [7, 11) is 0. The van der Waals surface area contributed by atoms with Gasteiger partial charge in [-0.15, -0.1) is 0 Å². The molecule has 1 saturated heterocycles. The predicted molar refractivity (Wildman–Crippen MR) is 84.8 cm³/mol. The molecule has 0 aromatic heterocycles. The molecule has 1 aliphatic heterocycles. The van der Waals surface area contributed by atoms with Gasteiger partial charge in [-0.25, -0.2) is 4.79 Å². The van der Waals surface area contributed by atoms with E-state index in [1.165, 1.54) is 4.90 Å². The van der Waals surface area contributed by atoms with E-state index in [1.54, 1.807) is 0 Å². The highest BCUT2D eigenvalue weighted by Crippen LogP contribution is 2.32. The van der Waals surface area contributed by atoms with Crippen molar-refractivity contribution in [3.63, 3.8) is 0 Å². The quantitative estimate of drug-likeness (QED) is 0.882. The lowest BCUT2D eigenvalue weighted by Crippen LogP contribution is -2.61. The molecule has 3 atom stereocenters. The van der Waals surface area contributed by atoms with E-state index in [9.17, 15) is 14.7 Å². The van der Waals surface area contributed by atoms with Gasteiger partial charge >= 0.3 is 6.09 Å². The smallest absolute Gasteiger partial charge is 0.408 e. The van der Waals surface area contributed by atoms with E-state index in [0.717, 1.165) is 5.56 Å². The molecule has 0 bridgehead atoms. The SMILES string of the molecule is C[C@H]1NC(=O)[C@@H](N(C(=O)O)C(C)(C)C)C[C@H]1c1ccccc1. The normalized spacial score (nSPS) is 25.5. The van der Waals surface area contributed by atoms with Crippen molar-refractivity contribution in [1.29, 1.82) is 0 Å². The second-order valence-electron chi connectivity index (χ2n) is 6.89. The first-order chi connectivity index (χ1) is 10.2. The van der Waals surface area contributed by atoms with Gasteiger partial charge in [-0.05, 0) is 39.7 Å². The summed E-state index contributed by atoms with van der Waals surface area (Å²) in [5, 5.41) is 12.5. The van der Waals surface area contributed by atoms with Crippen LogP contribution in [0, 0.1) is 0 Å². The molecule has 120 valence electrons. The lowest BCUT2D eigenvalue weighted by Gasteiger charge is -2.44. The van der Waals surface area contributed by atoms with E-state index >= 15 is 0 Å². The summed E-state index contributed by atoms with van der Waals surface area (Å²) >= 11 is 0. The number of nitrogens with zero attached hydrogens (tertiary/aromatic N) is 1. The van der Waals surface area contributed by atoms with Crippen molar-refractivity contribution in [3.05, 3.63) is 35.9 Å². The first-order valence-corrected chi connectivity index (χ1v) is 7.59. The fourth-order valence-electron chi connectivity index (χ4n) is 3.21. The molecule has 2 N–H and O–H groups in total. The van der Waals surface area contributed by atoms with Gasteiger partial charge in [0, 0.05) is 17.5 Å². The van der Waals surface area contributed by atoms with Crippen molar-refractivity contribution in [2.24, 2.45) is 0 Å². The third-order valence-corrected chi connectivity index (χ3v) is 4.22. The van der Waals surface area contributed by atoms with Crippen LogP contribution in [0.5, 0.6) is 0 Å². The van der Waals surface area contributed by atoms with E-state index in [-0.39, 0.29) is 17.9 Å². The molecule has 0 aliphatic carbocycles. The number of amides is 2. The first kappa shape index (κ1) is 16.3. The van der Waals surface area contributed by atoms with Gasteiger partial charge in [0.15, 0.2) is 0 Å². The number of carbonyl (C=O) groups excluding carboxylic acids is 1. The molecule has 5 heteroatoms. The van der Waals surface area contributed by atoms with Crippen LogP contribution in [-0.4, -0.2) is 39.6 Å². The van der Waals surface area contributed by atoms with Crippen LogP contribution < -0.4 is 5.32 Å². The minimum absolute atomic E-state index is 0.0123. The van der Waals surface area contributed by atoms with Crippen molar-refractivity contribution in [2.75, 3.05) is 0 Å². The Bertz CT molecular complexity index is 551. The lowest BCUT2D eigenvalue weighted by molar-refractivity contribution is -0.131. The third kappa shape index (κ3) is 3.24. The van der Waals surface area contributed by atoms with Crippen molar-refractivity contribution < 1.29 is 14.7 Å². The van der Waals surface area contributed by atoms with Gasteiger partial charge in [-0.2, -0.15) is 0 Å². The van der Waals surface area contributed by atoms with E-state index in [4.69, 9.17) is 0 Å². The molecular formula is C17H24N2O3. The zero-order chi connectivity index (χ0) is 16.5. The number of carbonyl (C=O) groups is 2. The molecule has 1 aliphatic rings. The minimum Gasteiger partial charge on any atom is -0.465 e. The van der Waals surface area contributed by atoms with Gasteiger partial charge in [-0.1, -0.05) is 30.3 Å². The third-order valence-electron chi connectivity index (χ3n) is 4.22. The number of hydrogen-bond donors (Lipinski definition) is 2. The molecule has 0 spiro atoms. The maximum Gasteiger partial charge on any atom is 0.408 e. The highest BCUT2D eigenvalue weighted by molar-refractivity contribution is 5.87. The van der Waals surface area contributed by atoms with Gasteiger partial charge in [-0.3, -0.25) is 9.69 Å². The number of piperidine rings is 1. The Morgan fingerprint density at radius 2 is 1.86 bits per heavy atom. The summed E-state index contributed by atoms with van der Waals surface area (Å²) in [6.45, 7) is 7.39. The lowest BCUT2D eigenvalue weighted by atomic mass is 9.82. The van der Waals surface area contributed by atoms with E-state index in [1.807, 2.05) is 58.0 Å². The minimum atomic E-state index is -1.06. The zero-order valence-corrected chi connectivity index (χ0v) is 13.5. The molecule has 5 nitrogen and oxygen atoms in total. The Kier molecular flexibility index (Phi) is 4.44.